The van der Waals surface area contributed by atoms with Crippen LogP contribution in [0.4, 0.5) is 0 Å². The molecule has 0 radical (unpaired) electrons. The van der Waals surface area contributed by atoms with E-state index in [1.165, 1.54) is 22.9 Å². The van der Waals surface area contributed by atoms with Crippen molar-refractivity contribution >= 4 is 17.8 Å². The molecule has 1 heterocycles. The van der Waals surface area contributed by atoms with Gasteiger partial charge in [0.25, 0.3) is 0 Å². The summed E-state index contributed by atoms with van der Waals surface area (Å²) in [6.45, 7) is 15.9. The Morgan fingerprint density at radius 2 is 2.07 bits per heavy atom. The molecule has 29 heavy (non-hydrogen) atoms. The highest BCUT2D eigenvalue weighted by molar-refractivity contribution is 6.23. The Morgan fingerprint density at radius 1 is 1.38 bits per heavy atom. The van der Waals surface area contributed by atoms with E-state index in [0.29, 0.717) is 0 Å². The van der Waals surface area contributed by atoms with E-state index in [0.717, 1.165) is 30.1 Å². The lowest BCUT2D eigenvalue weighted by Crippen LogP contribution is -2.34. The average Bonchev–Trinajstić information content (AvgIpc) is 2.96. The fourth-order valence-electron chi connectivity index (χ4n) is 3.59. The van der Waals surface area contributed by atoms with E-state index in [2.05, 4.69) is 68.0 Å². The molecular formula is C24H35ClN4. The second-order valence-electron chi connectivity index (χ2n) is 8.57. The first kappa shape index (κ1) is 23.1. The van der Waals surface area contributed by atoms with Crippen molar-refractivity contribution in [2.45, 2.75) is 52.5 Å². The number of hydrogen-bond donors (Lipinski definition) is 3. The van der Waals surface area contributed by atoms with Crippen LogP contribution in [0, 0.1) is 10.8 Å². The van der Waals surface area contributed by atoms with Crippen molar-refractivity contribution in [2.24, 2.45) is 5.41 Å². The summed E-state index contributed by atoms with van der Waals surface area (Å²) in [7, 11) is 1.87. The zero-order valence-electron chi connectivity index (χ0n) is 18.6. The minimum Gasteiger partial charge on any atom is -0.375 e. The van der Waals surface area contributed by atoms with Crippen LogP contribution < -0.4 is 10.6 Å². The Balaban J connectivity index is 2.17. The molecule has 0 fully saturated rings. The minimum absolute atomic E-state index is 0.00888. The summed E-state index contributed by atoms with van der Waals surface area (Å²) >= 11 is 6.89. The molecule has 0 saturated carbocycles. The molecule has 0 aromatic heterocycles. The zero-order valence-corrected chi connectivity index (χ0v) is 19.3. The summed E-state index contributed by atoms with van der Waals surface area (Å²) in [5.41, 5.74) is 5.68. The molecule has 2 rings (SSSR count). The van der Waals surface area contributed by atoms with Crippen molar-refractivity contribution in [3.63, 3.8) is 0 Å². The van der Waals surface area contributed by atoms with E-state index < -0.39 is 0 Å². The number of rotatable bonds is 7. The van der Waals surface area contributed by atoms with E-state index in [4.69, 9.17) is 17.0 Å². The van der Waals surface area contributed by atoms with Crippen LogP contribution >= 0.6 is 11.6 Å². The molecule has 0 bridgehead atoms. The SMILES string of the molecule is C=C1C2=C(CN1C(C)/C(C)=C/C=C(\NC)N/C=C(/C)C=N)C(Cl)C(C)(C)CC=C2. The first-order valence-electron chi connectivity index (χ1n) is 10.1. The normalized spacial score (nSPS) is 23.7. The summed E-state index contributed by atoms with van der Waals surface area (Å²) in [4.78, 5) is 2.34. The van der Waals surface area contributed by atoms with Crippen molar-refractivity contribution in [1.82, 2.24) is 15.5 Å². The highest BCUT2D eigenvalue weighted by atomic mass is 35.5. The summed E-state index contributed by atoms with van der Waals surface area (Å²) in [5.74, 6) is 0.873. The lowest BCUT2D eigenvalue weighted by Gasteiger charge is -2.32. The molecular weight excluding hydrogens is 380 g/mol. The quantitative estimate of drug-likeness (QED) is 0.303. The summed E-state index contributed by atoms with van der Waals surface area (Å²) in [6.07, 6.45) is 12.7. The maximum Gasteiger partial charge on any atom is 0.102 e. The summed E-state index contributed by atoms with van der Waals surface area (Å²) in [6, 6.07) is 0.211. The van der Waals surface area contributed by atoms with Gasteiger partial charge in [0.05, 0.1) is 5.38 Å². The van der Waals surface area contributed by atoms with Crippen LogP contribution in [0.2, 0.25) is 0 Å². The number of hydrogen-bond acceptors (Lipinski definition) is 4. The molecule has 3 N–H and O–H groups in total. The fraction of sp³-hybridized carbons (Fsp3) is 0.458. The molecule has 0 spiro atoms. The molecule has 0 amide bonds. The second-order valence-corrected chi connectivity index (χ2v) is 9.00. The highest BCUT2D eigenvalue weighted by Gasteiger charge is 2.38. The van der Waals surface area contributed by atoms with Crippen LogP contribution in [0.1, 0.15) is 41.0 Å². The number of alkyl halides is 1. The molecule has 0 aromatic rings. The third-order valence-electron chi connectivity index (χ3n) is 5.86. The predicted molar refractivity (Wildman–Crippen MR) is 126 cm³/mol. The minimum atomic E-state index is 0.00888. The monoisotopic (exact) mass is 414 g/mol. The Morgan fingerprint density at radius 3 is 2.69 bits per heavy atom. The van der Waals surface area contributed by atoms with Crippen LogP contribution in [-0.2, 0) is 0 Å². The van der Waals surface area contributed by atoms with Gasteiger partial charge in [-0.05, 0) is 55.4 Å². The van der Waals surface area contributed by atoms with E-state index in [1.807, 2.05) is 20.0 Å². The molecule has 4 nitrogen and oxygen atoms in total. The van der Waals surface area contributed by atoms with E-state index in [-0.39, 0.29) is 16.8 Å². The van der Waals surface area contributed by atoms with E-state index in [9.17, 15) is 0 Å². The maximum absolute atomic E-state index is 7.26. The molecule has 5 heteroatoms. The highest BCUT2D eigenvalue weighted by Crippen LogP contribution is 2.44. The van der Waals surface area contributed by atoms with Crippen molar-refractivity contribution in [1.29, 1.82) is 5.41 Å². The third kappa shape index (κ3) is 5.24. The summed E-state index contributed by atoms with van der Waals surface area (Å²) in [5, 5.41) is 13.6. The first-order valence-corrected chi connectivity index (χ1v) is 10.6. The van der Waals surface area contributed by atoms with Gasteiger partial charge in [0.2, 0.25) is 0 Å². The van der Waals surface area contributed by atoms with E-state index >= 15 is 0 Å². The Labute approximate surface area is 181 Å². The lowest BCUT2D eigenvalue weighted by molar-refractivity contribution is 0.323. The van der Waals surface area contributed by atoms with Crippen molar-refractivity contribution in [2.75, 3.05) is 13.6 Å². The van der Waals surface area contributed by atoms with Gasteiger partial charge >= 0.3 is 0 Å². The standard InChI is InChI=1S/C24H35ClN4/c1-16(13-26)14-28-22(27-7)11-10-17(2)18(3)29-15-21-20(19(29)4)9-8-12-24(5,6)23(21)25/h8-11,13-14,18,23,26-28H,4,12,15H2,1-3,5-7H3/b16-14-,17-10+,22-11+,26-13?. The van der Waals surface area contributed by atoms with Crippen molar-refractivity contribution in [3.05, 3.63) is 70.9 Å². The van der Waals surface area contributed by atoms with Crippen LogP contribution in [0.25, 0.3) is 0 Å². The van der Waals surface area contributed by atoms with Gasteiger partial charge in [-0.1, -0.05) is 44.2 Å². The number of halogens is 1. The molecule has 158 valence electrons. The van der Waals surface area contributed by atoms with Crippen molar-refractivity contribution in [3.8, 4) is 0 Å². The topological polar surface area (TPSA) is 51.1 Å². The van der Waals surface area contributed by atoms with Gasteiger partial charge in [-0.15, -0.1) is 11.6 Å². The van der Waals surface area contributed by atoms with Gasteiger partial charge in [-0.25, -0.2) is 0 Å². The number of allylic oxidation sites excluding steroid dienone is 5. The second kappa shape index (κ2) is 9.53. The molecule has 2 aliphatic rings. The van der Waals surface area contributed by atoms with Gasteiger partial charge in [-0.2, -0.15) is 0 Å². The van der Waals surface area contributed by atoms with Gasteiger partial charge in [0.1, 0.15) is 5.82 Å². The maximum atomic E-state index is 7.26. The molecule has 2 atom stereocenters. The lowest BCUT2D eigenvalue weighted by atomic mass is 9.82. The Bertz CT molecular complexity index is 811. The van der Waals surface area contributed by atoms with Crippen LogP contribution in [0.3, 0.4) is 0 Å². The molecule has 1 aliphatic carbocycles. The smallest absolute Gasteiger partial charge is 0.102 e. The first-order chi connectivity index (χ1) is 13.6. The third-order valence-corrected chi connectivity index (χ3v) is 6.71. The van der Waals surface area contributed by atoms with Crippen LogP contribution in [-0.4, -0.2) is 36.1 Å². The van der Waals surface area contributed by atoms with Crippen LogP contribution in [0.5, 0.6) is 0 Å². The van der Waals surface area contributed by atoms with Gasteiger partial charge < -0.3 is 20.9 Å². The molecule has 0 aromatic carbocycles. The Kier molecular flexibility index (Phi) is 7.59. The van der Waals surface area contributed by atoms with Gasteiger partial charge in [0.15, 0.2) is 0 Å². The largest absolute Gasteiger partial charge is 0.375 e. The van der Waals surface area contributed by atoms with Crippen molar-refractivity contribution < 1.29 is 0 Å². The molecule has 0 saturated heterocycles. The number of nitrogens with one attached hydrogen (secondary N) is 3. The Hall–Kier alpha value is -2.20. The molecule has 1 aliphatic heterocycles. The molecule has 2 unspecified atom stereocenters. The van der Waals surface area contributed by atoms with Gasteiger partial charge in [-0.3, -0.25) is 0 Å². The van der Waals surface area contributed by atoms with Gasteiger partial charge in [0, 0.05) is 37.7 Å². The fourth-order valence-corrected chi connectivity index (χ4v) is 3.86. The van der Waals surface area contributed by atoms with Crippen LogP contribution in [0.15, 0.2) is 70.9 Å². The summed E-state index contributed by atoms with van der Waals surface area (Å²) < 4.78 is 0. The average molecular weight is 415 g/mol. The van der Waals surface area contributed by atoms with E-state index in [1.54, 1.807) is 6.20 Å². The number of nitrogens with zero attached hydrogens (tertiary/aromatic N) is 1. The zero-order chi connectivity index (χ0) is 21.8. The predicted octanol–water partition coefficient (Wildman–Crippen LogP) is 5.24.